The van der Waals surface area contributed by atoms with E-state index in [2.05, 4.69) is 43.1 Å². The minimum absolute atomic E-state index is 1.05. The summed E-state index contributed by atoms with van der Waals surface area (Å²) in [7, 11) is 0. The van der Waals surface area contributed by atoms with Crippen LogP contribution in [0.5, 0.6) is 0 Å². The maximum Gasteiger partial charge on any atom is 0.0702 e. The van der Waals surface area contributed by atoms with E-state index in [1.807, 2.05) is 6.20 Å². The lowest BCUT2D eigenvalue weighted by Gasteiger charge is -2.02. The van der Waals surface area contributed by atoms with Gasteiger partial charge in [0.25, 0.3) is 0 Å². The summed E-state index contributed by atoms with van der Waals surface area (Å²) in [6.45, 7) is 4.34. The SMILES string of the molecule is CCc1ccc2ncc(CC)cc2c1. The molecule has 0 aliphatic heterocycles. The van der Waals surface area contributed by atoms with E-state index in [4.69, 9.17) is 0 Å². The molecule has 2 rings (SSSR count). The standard InChI is InChI=1S/C13H15N/c1-3-10-5-6-13-12(7-10)8-11(4-2)9-14-13/h5-9H,3-4H2,1-2H3. The first-order valence-corrected chi connectivity index (χ1v) is 5.21. The monoisotopic (exact) mass is 185 g/mol. The normalized spacial score (nSPS) is 10.7. The van der Waals surface area contributed by atoms with Gasteiger partial charge in [0.1, 0.15) is 0 Å². The van der Waals surface area contributed by atoms with Crippen LogP contribution in [0.4, 0.5) is 0 Å². The highest BCUT2D eigenvalue weighted by atomic mass is 14.6. The van der Waals surface area contributed by atoms with Crippen LogP contribution < -0.4 is 0 Å². The Bertz CT molecular complexity index is 407. The highest BCUT2D eigenvalue weighted by Crippen LogP contribution is 2.16. The number of pyridine rings is 1. The minimum atomic E-state index is 1.05. The molecule has 1 heteroatoms. The number of aromatic nitrogens is 1. The van der Waals surface area contributed by atoms with Crippen molar-refractivity contribution in [1.29, 1.82) is 0 Å². The average molecular weight is 185 g/mol. The van der Waals surface area contributed by atoms with E-state index >= 15 is 0 Å². The molecule has 0 radical (unpaired) electrons. The van der Waals surface area contributed by atoms with Gasteiger partial charge in [-0.25, -0.2) is 0 Å². The van der Waals surface area contributed by atoms with Crippen LogP contribution in [0, 0.1) is 0 Å². The van der Waals surface area contributed by atoms with Crippen LogP contribution >= 0.6 is 0 Å². The Balaban J connectivity index is 2.60. The molecule has 0 fully saturated rings. The van der Waals surface area contributed by atoms with Crippen LogP contribution in [0.25, 0.3) is 10.9 Å². The molecular weight excluding hydrogens is 170 g/mol. The Kier molecular flexibility index (Phi) is 2.49. The summed E-state index contributed by atoms with van der Waals surface area (Å²) in [6, 6.07) is 8.73. The van der Waals surface area contributed by atoms with E-state index in [9.17, 15) is 0 Å². The van der Waals surface area contributed by atoms with Crippen molar-refractivity contribution in [3.8, 4) is 0 Å². The van der Waals surface area contributed by atoms with Crippen molar-refractivity contribution in [3.63, 3.8) is 0 Å². The number of aryl methyl sites for hydroxylation is 2. The van der Waals surface area contributed by atoms with Gasteiger partial charge in [-0.3, -0.25) is 4.98 Å². The molecule has 1 aromatic heterocycles. The first kappa shape index (κ1) is 9.20. The molecule has 0 saturated carbocycles. The quantitative estimate of drug-likeness (QED) is 0.699. The molecule has 0 N–H and O–H groups in total. The van der Waals surface area contributed by atoms with Gasteiger partial charge in [0.2, 0.25) is 0 Å². The number of rotatable bonds is 2. The average Bonchev–Trinajstić information content (AvgIpc) is 2.27. The second-order valence-corrected chi connectivity index (χ2v) is 3.58. The summed E-state index contributed by atoms with van der Waals surface area (Å²) in [6.07, 6.45) is 4.11. The van der Waals surface area contributed by atoms with E-state index < -0.39 is 0 Å². The third-order valence-corrected chi connectivity index (χ3v) is 2.62. The molecule has 1 aromatic carbocycles. The van der Waals surface area contributed by atoms with Crippen molar-refractivity contribution in [2.75, 3.05) is 0 Å². The Morgan fingerprint density at radius 2 is 1.71 bits per heavy atom. The molecule has 0 unspecified atom stereocenters. The molecule has 72 valence electrons. The number of nitrogens with zero attached hydrogens (tertiary/aromatic N) is 1. The van der Waals surface area contributed by atoms with Crippen LogP contribution in [0.1, 0.15) is 25.0 Å². The molecule has 0 amide bonds. The topological polar surface area (TPSA) is 12.9 Å². The maximum atomic E-state index is 4.43. The van der Waals surface area contributed by atoms with E-state index in [1.165, 1.54) is 16.5 Å². The predicted octanol–water partition coefficient (Wildman–Crippen LogP) is 3.36. The van der Waals surface area contributed by atoms with Gasteiger partial charge in [0.05, 0.1) is 5.52 Å². The van der Waals surface area contributed by atoms with E-state index in [-0.39, 0.29) is 0 Å². The first-order chi connectivity index (χ1) is 6.83. The zero-order valence-corrected chi connectivity index (χ0v) is 8.75. The fraction of sp³-hybridized carbons (Fsp3) is 0.308. The van der Waals surface area contributed by atoms with Gasteiger partial charge in [0.15, 0.2) is 0 Å². The lowest BCUT2D eigenvalue weighted by Crippen LogP contribution is -1.86. The second kappa shape index (κ2) is 3.79. The lowest BCUT2D eigenvalue weighted by atomic mass is 10.1. The molecule has 0 saturated heterocycles. The summed E-state index contributed by atoms with van der Waals surface area (Å²) in [5, 5.41) is 1.27. The number of hydrogen-bond donors (Lipinski definition) is 0. The fourth-order valence-corrected chi connectivity index (χ4v) is 1.64. The van der Waals surface area contributed by atoms with Crippen LogP contribution in [-0.4, -0.2) is 4.98 Å². The van der Waals surface area contributed by atoms with Crippen molar-refractivity contribution in [3.05, 3.63) is 41.6 Å². The number of hydrogen-bond acceptors (Lipinski definition) is 1. The van der Waals surface area contributed by atoms with Gasteiger partial charge in [-0.1, -0.05) is 19.9 Å². The summed E-state index contributed by atoms with van der Waals surface area (Å²) in [5.41, 5.74) is 3.79. The van der Waals surface area contributed by atoms with Crippen molar-refractivity contribution in [1.82, 2.24) is 4.98 Å². The smallest absolute Gasteiger partial charge is 0.0702 e. The Labute approximate surface area is 84.8 Å². The van der Waals surface area contributed by atoms with Gasteiger partial charge >= 0.3 is 0 Å². The first-order valence-electron chi connectivity index (χ1n) is 5.21. The summed E-state index contributed by atoms with van der Waals surface area (Å²) in [4.78, 5) is 4.43. The molecule has 1 nitrogen and oxygen atoms in total. The van der Waals surface area contributed by atoms with Crippen molar-refractivity contribution in [2.24, 2.45) is 0 Å². The molecule has 0 spiro atoms. The van der Waals surface area contributed by atoms with Gasteiger partial charge in [0, 0.05) is 11.6 Å². The summed E-state index contributed by atoms with van der Waals surface area (Å²) in [5.74, 6) is 0. The number of benzene rings is 1. The molecule has 14 heavy (non-hydrogen) atoms. The third kappa shape index (κ3) is 1.63. The molecule has 2 aromatic rings. The van der Waals surface area contributed by atoms with Crippen LogP contribution in [0.15, 0.2) is 30.5 Å². The molecule has 0 aliphatic carbocycles. The summed E-state index contributed by atoms with van der Waals surface area (Å²) >= 11 is 0. The molecule has 0 atom stereocenters. The van der Waals surface area contributed by atoms with Crippen molar-refractivity contribution < 1.29 is 0 Å². The maximum absolute atomic E-state index is 4.43. The third-order valence-electron chi connectivity index (χ3n) is 2.62. The predicted molar refractivity (Wildman–Crippen MR) is 60.5 cm³/mol. The van der Waals surface area contributed by atoms with Gasteiger partial charge < -0.3 is 0 Å². The van der Waals surface area contributed by atoms with Crippen LogP contribution in [-0.2, 0) is 12.8 Å². The zero-order valence-electron chi connectivity index (χ0n) is 8.75. The van der Waals surface area contributed by atoms with Crippen LogP contribution in [0.3, 0.4) is 0 Å². The molecule has 0 aliphatic rings. The number of fused-ring (bicyclic) bond motifs is 1. The molecule has 0 bridgehead atoms. The second-order valence-electron chi connectivity index (χ2n) is 3.58. The Morgan fingerprint density at radius 1 is 1.00 bits per heavy atom. The van der Waals surface area contributed by atoms with Crippen molar-refractivity contribution in [2.45, 2.75) is 26.7 Å². The van der Waals surface area contributed by atoms with Crippen LogP contribution in [0.2, 0.25) is 0 Å². The Morgan fingerprint density at radius 3 is 2.43 bits per heavy atom. The lowest BCUT2D eigenvalue weighted by molar-refractivity contribution is 1.11. The van der Waals surface area contributed by atoms with E-state index in [0.717, 1.165) is 18.4 Å². The highest BCUT2D eigenvalue weighted by Gasteiger charge is 1.97. The fourth-order valence-electron chi connectivity index (χ4n) is 1.64. The molecule has 1 heterocycles. The largest absolute Gasteiger partial charge is 0.256 e. The van der Waals surface area contributed by atoms with Gasteiger partial charge in [-0.2, -0.15) is 0 Å². The highest BCUT2D eigenvalue weighted by molar-refractivity contribution is 5.79. The summed E-state index contributed by atoms with van der Waals surface area (Å²) < 4.78 is 0. The zero-order chi connectivity index (χ0) is 9.97. The molecular formula is C13H15N. The van der Waals surface area contributed by atoms with E-state index in [0.29, 0.717) is 0 Å². The van der Waals surface area contributed by atoms with Gasteiger partial charge in [-0.15, -0.1) is 0 Å². The Hall–Kier alpha value is -1.37. The van der Waals surface area contributed by atoms with Crippen molar-refractivity contribution >= 4 is 10.9 Å². The van der Waals surface area contributed by atoms with E-state index in [1.54, 1.807) is 0 Å². The van der Waals surface area contributed by atoms with Gasteiger partial charge in [-0.05, 0) is 42.2 Å². The minimum Gasteiger partial charge on any atom is -0.256 e.